The van der Waals surface area contributed by atoms with Gasteiger partial charge in [-0.2, -0.15) is 0 Å². The summed E-state index contributed by atoms with van der Waals surface area (Å²) in [6, 6.07) is 34.2. The summed E-state index contributed by atoms with van der Waals surface area (Å²) in [6.45, 7) is 10.9. The van der Waals surface area contributed by atoms with Crippen molar-refractivity contribution < 1.29 is 0 Å². The summed E-state index contributed by atoms with van der Waals surface area (Å²) in [7, 11) is 0. The van der Waals surface area contributed by atoms with Gasteiger partial charge in [-0.1, -0.05) is 118 Å². The summed E-state index contributed by atoms with van der Waals surface area (Å²) in [4.78, 5) is 10.1. The number of pyridine rings is 2. The zero-order chi connectivity index (χ0) is 27.4. The van der Waals surface area contributed by atoms with E-state index < -0.39 is 0 Å². The molecular formula is C38H30N2. The molecule has 0 bridgehead atoms. The molecule has 1 aliphatic carbocycles. The van der Waals surface area contributed by atoms with Gasteiger partial charge in [0.15, 0.2) is 0 Å². The standard InChI is InChI=1S/C38H30N2/c1-5-11-27-30(6-2)38(3,4)31-22-21-29-35(36(27)31)28-13-8-10-15-34(28)40-37(29)26-18-16-25(17-19-26)33-23-20-24-12-7-9-14-32(24)39-33/h5-23H,2H2,1,3-4H3/b11-5-. The maximum Gasteiger partial charge on any atom is 0.0788 e. The van der Waals surface area contributed by atoms with E-state index in [0.29, 0.717) is 0 Å². The van der Waals surface area contributed by atoms with Crippen LogP contribution in [0.4, 0.5) is 0 Å². The van der Waals surface area contributed by atoms with Crippen LogP contribution in [-0.2, 0) is 5.41 Å². The number of hydrogen-bond donors (Lipinski definition) is 0. The molecule has 0 saturated carbocycles. The van der Waals surface area contributed by atoms with Gasteiger partial charge in [0.25, 0.3) is 0 Å². The predicted octanol–water partition coefficient (Wildman–Crippen LogP) is 10.1. The fourth-order valence-corrected chi connectivity index (χ4v) is 6.41. The monoisotopic (exact) mass is 514 g/mol. The summed E-state index contributed by atoms with van der Waals surface area (Å²) in [5.41, 5.74) is 11.2. The summed E-state index contributed by atoms with van der Waals surface area (Å²) >= 11 is 0. The van der Waals surface area contributed by atoms with E-state index in [4.69, 9.17) is 9.97 Å². The lowest BCUT2D eigenvalue weighted by Gasteiger charge is -2.23. The second-order valence-electron chi connectivity index (χ2n) is 11.0. The van der Waals surface area contributed by atoms with Crippen LogP contribution in [0.15, 0.2) is 127 Å². The minimum atomic E-state index is -0.126. The molecule has 0 spiro atoms. The van der Waals surface area contributed by atoms with Gasteiger partial charge in [0, 0.05) is 38.1 Å². The lowest BCUT2D eigenvalue weighted by molar-refractivity contribution is 0.655. The third kappa shape index (κ3) is 3.56. The molecule has 2 aromatic heterocycles. The van der Waals surface area contributed by atoms with Crippen LogP contribution in [0.25, 0.3) is 60.7 Å². The number of rotatable bonds is 4. The zero-order valence-electron chi connectivity index (χ0n) is 23.1. The van der Waals surface area contributed by atoms with E-state index in [2.05, 4.69) is 124 Å². The van der Waals surface area contributed by atoms with Crippen molar-refractivity contribution in [2.24, 2.45) is 0 Å². The number of allylic oxidation sites excluding steroid dienone is 5. The average molecular weight is 515 g/mol. The van der Waals surface area contributed by atoms with E-state index in [9.17, 15) is 0 Å². The second kappa shape index (κ2) is 9.14. The van der Waals surface area contributed by atoms with Crippen molar-refractivity contribution in [1.29, 1.82) is 0 Å². The van der Waals surface area contributed by atoms with Crippen LogP contribution in [0.3, 0.4) is 0 Å². The van der Waals surface area contributed by atoms with Crippen LogP contribution in [-0.4, -0.2) is 9.97 Å². The topological polar surface area (TPSA) is 25.8 Å². The lowest BCUT2D eigenvalue weighted by Crippen LogP contribution is -2.16. The van der Waals surface area contributed by atoms with Crippen molar-refractivity contribution in [2.45, 2.75) is 26.2 Å². The van der Waals surface area contributed by atoms with Crippen LogP contribution in [0.2, 0.25) is 0 Å². The molecule has 0 saturated heterocycles. The Morgan fingerprint density at radius 1 is 0.700 bits per heavy atom. The minimum absolute atomic E-state index is 0.126. The third-order valence-corrected chi connectivity index (χ3v) is 8.36. The van der Waals surface area contributed by atoms with Crippen molar-refractivity contribution in [3.8, 4) is 22.5 Å². The van der Waals surface area contributed by atoms with Gasteiger partial charge in [-0.25, -0.2) is 9.97 Å². The quantitative estimate of drug-likeness (QED) is 0.219. The van der Waals surface area contributed by atoms with Gasteiger partial charge in [0.1, 0.15) is 0 Å². The molecule has 2 heterocycles. The Balaban J connectivity index is 1.46. The lowest BCUT2D eigenvalue weighted by atomic mass is 9.80. The average Bonchev–Trinajstić information content (AvgIpc) is 3.21. The molecule has 40 heavy (non-hydrogen) atoms. The molecule has 0 atom stereocenters. The number of benzene rings is 4. The first-order valence-electron chi connectivity index (χ1n) is 13.8. The highest BCUT2D eigenvalue weighted by Gasteiger charge is 2.37. The number of aromatic nitrogens is 2. The summed E-state index contributed by atoms with van der Waals surface area (Å²) in [5.74, 6) is 0. The van der Waals surface area contributed by atoms with Crippen LogP contribution in [0.1, 0.15) is 31.9 Å². The summed E-state index contributed by atoms with van der Waals surface area (Å²) in [5, 5.41) is 4.75. The number of para-hydroxylation sites is 2. The summed E-state index contributed by atoms with van der Waals surface area (Å²) in [6.07, 6.45) is 6.40. The van der Waals surface area contributed by atoms with Crippen molar-refractivity contribution in [2.75, 3.05) is 0 Å². The highest BCUT2D eigenvalue weighted by Crippen LogP contribution is 2.51. The Bertz CT molecular complexity index is 2040. The van der Waals surface area contributed by atoms with Gasteiger partial charge in [-0.15, -0.1) is 0 Å². The van der Waals surface area contributed by atoms with Crippen LogP contribution in [0.5, 0.6) is 0 Å². The van der Waals surface area contributed by atoms with Gasteiger partial charge in [-0.05, 0) is 47.4 Å². The van der Waals surface area contributed by atoms with Gasteiger partial charge in [0.05, 0.1) is 22.4 Å². The van der Waals surface area contributed by atoms with Crippen molar-refractivity contribution in [3.05, 3.63) is 139 Å². The maximum absolute atomic E-state index is 5.22. The smallest absolute Gasteiger partial charge is 0.0788 e. The van der Waals surface area contributed by atoms with E-state index in [0.717, 1.165) is 44.3 Å². The third-order valence-electron chi connectivity index (χ3n) is 8.36. The van der Waals surface area contributed by atoms with Crippen molar-refractivity contribution in [1.82, 2.24) is 9.97 Å². The molecular weight excluding hydrogens is 484 g/mol. The Labute approximate surface area is 235 Å². The first-order chi connectivity index (χ1) is 19.5. The Morgan fingerprint density at radius 2 is 1.43 bits per heavy atom. The molecule has 192 valence electrons. The molecule has 0 radical (unpaired) electrons. The molecule has 6 aromatic rings. The Hall–Kier alpha value is -4.82. The minimum Gasteiger partial charge on any atom is -0.248 e. The van der Waals surface area contributed by atoms with E-state index in [1.54, 1.807) is 0 Å². The summed E-state index contributed by atoms with van der Waals surface area (Å²) < 4.78 is 0. The van der Waals surface area contributed by atoms with Crippen molar-refractivity contribution in [3.63, 3.8) is 0 Å². The van der Waals surface area contributed by atoms with E-state index in [1.165, 1.54) is 33.0 Å². The van der Waals surface area contributed by atoms with Crippen LogP contribution < -0.4 is 0 Å². The molecule has 0 unspecified atom stereocenters. The number of fused-ring (bicyclic) bond motifs is 6. The van der Waals surface area contributed by atoms with Crippen molar-refractivity contribution >= 4 is 38.2 Å². The molecule has 7 rings (SSSR count). The molecule has 0 fully saturated rings. The van der Waals surface area contributed by atoms with Crippen LogP contribution in [0, 0.1) is 0 Å². The largest absolute Gasteiger partial charge is 0.248 e. The molecule has 2 heteroatoms. The van der Waals surface area contributed by atoms with Gasteiger partial charge in [0.2, 0.25) is 0 Å². The maximum atomic E-state index is 5.22. The van der Waals surface area contributed by atoms with Crippen LogP contribution >= 0.6 is 0 Å². The predicted molar refractivity (Wildman–Crippen MR) is 170 cm³/mol. The first-order valence-corrected chi connectivity index (χ1v) is 13.8. The molecule has 0 amide bonds. The van der Waals surface area contributed by atoms with Gasteiger partial charge < -0.3 is 0 Å². The fourth-order valence-electron chi connectivity index (χ4n) is 6.41. The van der Waals surface area contributed by atoms with Gasteiger partial charge in [-0.3, -0.25) is 0 Å². The van der Waals surface area contributed by atoms with Gasteiger partial charge >= 0.3 is 0 Å². The number of nitrogens with zero attached hydrogens (tertiary/aromatic N) is 2. The molecule has 1 aliphatic rings. The normalized spacial score (nSPS) is 14.5. The molecule has 0 N–H and O–H groups in total. The first kappa shape index (κ1) is 24.2. The second-order valence-corrected chi connectivity index (χ2v) is 11.0. The SMILES string of the molecule is C=CC1=C(/C=C\C)c2c(ccc3c(-c4ccc(-c5ccc6ccccc6n5)cc4)nc4ccccc4c23)C1(C)C. The Morgan fingerprint density at radius 3 is 2.20 bits per heavy atom. The fraction of sp³-hybridized carbons (Fsp3) is 0.105. The Kier molecular flexibility index (Phi) is 5.54. The number of hydrogen-bond acceptors (Lipinski definition) is 2. The van der Waals surface area contributed by atoms with E-state index in [-0.39, 0.29) is 5.41 Å². The highest BCUT2D eigenvalue weighted by atomic mass is 14.7. The highest BCUT2D eigenvalue weighted by molar-refractivity contribution is 6.17. The molecule has 0 aliphatic heterocycles. The molecule has 4 aromatic carbocycles. The zero-order valence-corrected chi connectivity index (χ0v) is 23.1. The molecule has 2 nitrogen and oxygen atoms in total. The van der Waals surface area contributed by atoms with E-state index >= 15 is 0 Å². The van der Waals surface area contributed by atoms with E-state index in [1.807, 2.05) is 18.2 Å².